The minimum absolute atomic E-state index is 0.629. The highest BCUT2D eigenvalue weighted by Gasteiger charge is 2.10. The maximum atomic E-state index is 6.23. The van der Waals surface area contributed by atoms with Gasteiger partial charge in [0.2, 0.25) is 0 Å². The van der Waals surface area contributed by atoms with Gasteiger partial charge in [-0.05, 0) is 42.0 Å². The first-order chi connectivity index (χ1) is 12.2. The fraction of sp³-hybridized carbons (Fsp3) is 0.0588. The van der Waals surface area contributed by atoms with E-state index in [0.29, 0.717) is 27.3 Å². The third-order valence-electron chi connectivity index (χ3n) is 3.57. The average molecular weight is 388 g/mol. The smallest absolute Gasteiger partial charge is 0.185 e. The van der Waals surface area contributed by atoms with Gasteiger partial charge in [0.1, 0.15) is 5.03 Å². The lowest BCUT2D eigenvalue weighted by Crippen LogP contribution is -1.97. The van der Waals surface area contributed by atoms with Crippen LogP contribution >= 0.6 is 35.0 Å². The second kappa shape index (κ2) is 7.00. The third-order valence-corrected chi connectivity index (χ3v) is 5.12. The molecule has 8 heteroatoms. The monoisotopic (exact) mass is 387 g/mol. The molecule has 0 amide bonds. The molecular formula is C17H11Cl2N5S. The Bertz CT molecular complexity index is 1040. The molecule has 0 aliphatic carbocycles. The fourth-order valence-electron chi connectivity index (χ4n) is 2.32. The highest BCUT2D eigenvalue weighted by molar-refractivity contribution is 7.98. The molecule has 0 atom stereocenters. The van der Waals surface area contributed by atoms with E-state index in [2.05, 4.69) is 20.3 Å². The van der Waals surface area contributed by atoms with Crippen molar-refractivity contribution >= 4 is 40.6 Å². The highest BCUT2D eigenvalue weighted by atomic mass is 35.5. The number of rotatable bonds is 4. The van der Waals surface area contributed by atoms with E-state index in [9.17, 15) is 0 Å². The molecule has 0 fully saturated rings. The van der Waals surface area contributed by atoms with E-state index in [0.717, 1.165) is 16.2 Å². The van der Waals surface area contributed by atoms with Crippen molar-refractivity contribution in [3.63, 3.8) is 0 Å². The Labute approximate surface area is 158 Å². The summed E-state index contributed by atoms with van der Waals surface area (Å²) >= 11 is 13.8. The zero-order valence-electron chi connectivity index (χ0n) is 12.8. The lowest BCUT2D eigenvalue weighted by Gasteiger charge is -2.05. The maximum Gasteiger partial charge on any atom is 0.185 e. The molecule has 3 heterocycles. The second-order valence-corrected chi connectivity index (χ2v) is 7.06. The van der Waals surface area contributed by atoms with Gasteiger partial charge in [-0.25, -0.2) is 0 Å². The molecule has 0 N–H and O–H groups in total. The predicted molar refractivity (Wildman–Crippen MR) is 100 cm³/mol. The Morgan fingerprint density at radius 1 is 0.960 bits per heavy atom. The number of halogens is 2. The van der Waals surface area contributed by atoms with Crippen LogP contribution in [-0.4, -0.2) is 24.8 Å². The Balaban J connectivity index is 1.62. The van der Waals surface area contributed by atoms with Gasteiger partial charge in [-0.15, -0.1) is 10.2 Å². The molecule has 1 aromatic carbocycles. The Hall–Kier alpha value is -2.15. The van der Waals surface area contributed by atoms with E-state index < -0.39 is 0 Å². The van der Waals surface area contributed by atoms with Gasteiger partial charge in [0.15, 0.2) is 11.5 Å². The van der Waals surface area contributed by atoms with Crippen LogP contribution in [0.3, 0.4) is 0 Å². The number of hydrogen-bond acceptors (Lipinski definition) is 5. The van der Waals surface area contributed by atoms with Gasteiger partial charge >= 0.3 is 0 Å². The summed E-state index contributed by atoms with van der Waals surface area (Å²) < 4.78 is 1.74. The van der Waals surface area contributed by atoms with Crippen LogP contribution in [0.15, 0.2) is 59.9 Å². The molecule has 3 aromatic heterocycles. The normalized spacial score (nSPS) is 11.1. The SMILES string of the molecule is Clc1ccc(CSc2ccc3nnc(-c4ccncc4)n3n2)c(Cl)c1. The summed E-state index contributed by atoms with van der Waals surface area (Å²) in [5.74, 6) is 1.38. The van der Waals surface area contributed by atoms with Crippen LogP contribution in [0.25, 0.3) is 17.0 Å². The summed E-state index contributed by atoms with van der Waals surface area (Å²) in [6, 6.07) is 13.1. The second-order valence-electron chi connectivity index (χ2n) is 5.23. The van der Waals surface area contributed by atoms with Crippen LogP contribution in [-0.2, 0) is 5.75 Å². The molecule has 0 bridgehead atoms. The zero-order chi connectivity index (χ0) is 17.2. The molecule has 0 radical (unpaired) electrons. The van der Waals surface area contributed by atoms with Gasteiger partial charge in [-0.1, -0.05) is 41.0 Å². The first-order valence-electron chi connectivity index (χ1n) is 7.40. The Kier molecular flexibility index (Phi) is 4.57. The largest absolute Gasteiger partial charge is 0.265 e. The molecule has 0 saturated carbocycles. The van der Waals surface area contributed by atoms with E-state index in [1.165, 1.54) is 0 Å². The van der Waals surface area contributed by atoms with Crippen molar-refractivity contribution in [2.45, 2.75) is 10.8 Å². The minimum atomic E-state index is 0.629. The zero-order valence-corrected chi connectivity index (χ0v) is 15.1. The lowest BCUT2D eigenvalue weighted by atomic mass is 10.2. The summed E-state index contributed by atoms with van der Waals surface area (Å²) in [5, 5.41) is 15.2. The van der Waals surface area contributed by atoms with Gasteiger partial charge in [0, 0.05) is 33.8 Å². The first kappa shape index (κ1) is 16.3. The van der Waals surface area contributed by atoms with Crippen LogP contribution in [0, 0.1) is 0 Å². The van der Waals surface area contributed by atoms with E-state index in [1.807, 2.05) is 36.4 Å². The van der Waals surface area contributed by atoms with Gasteiger partial charge in [0.05, 0.1) is 0 Å². The molecule has 4 rings (SSSR count). The van der Waals surface area contributed by atoms with Crippen molar-refractivity contribution in [2.24, 2.45) is 0 Å². The van der Waals surface area contributed by atoms with Gasteiger partial charge in [0.25, 0.3) is 0 Å². The highest BCUT2D eigenvalue weighted by Crippen LogP contribution is 2.28. The third kappa shape index (κ3) is 3.46. The molecule has 0 aliphatic rings. The number of benzene rings is 1. The van der Waals surface area contributed by atoms with Gasteiger partial charge in [-0.3, -0.25) is 4.98 Å². The predicted octanol–water partition coefficient (Wildman–Crippen LogP) is 4.79. The fourth-order valence-corrected chi connectivity index (χ4v) is 3.73. The summed E-state index contributed by atoms with van der Waals surface area (Å²) in [7, 11) is 0. The Morgan fingerprint density at radius 2 is 1.80 bits per heavy atom. The maximum absolute atomic E-state index is 6.23. The molecule has 25 heavy (non-hydrogen) atoms. The lowest BCUT2D eigenvalue weighted by molar-refractivity contribution is 0.860. The molecule has 5 nitrogen and oxygen atoms in total. The van der Waals surface area contributed by atoms with Crippen molar-refractivity contribution in [1.29, 1.82) is 0 Å². The summed E-state index contributed by atoms with van der Waals surface area (Å²) in [6.45, 7) is 0. The van der Waals surface area contributed by atoms with Crippen LogP contribution in [0.1, 0.15) is 5.56 Å². The number of hydrogen-bond donors (Lipinski definition) is 0. The van der Waals surface area contributed by atoms with Crippen molar-refractivity contribution in [3.8, 4) is 11.4 Å². The number of thioether (sulfide) groups is 1. The quantitative estimate of drug-likeness (QED) is 0.471. The molecule has 4 aromatic rings. The first-order valence-corrected chi connectivity index (χ1v) is 9.14. The van der Waals surface area contributed by atoms with Crippen molar-refractivity contribution in [3.05, 3.63) is 70.5 Å². The molecule has 0 spiro atoms. The summed E-state index contributed by atoms with van der Waals surface area (Å²) in [4.78, 5) is 4.03. The van der Waals surface area contributed by atoms with Gasteiger partial charge < -0.3 is 0 Å². The van der Waals surface area contributed by atoms with E-state index >= 15 is 0 Å². The molecule has 0 unspecified atom stereocenters. The van der Waals surface area contributed by atoms with Gasteiger partial charge in [-0.2, -0.15) is 9.61 Å². The minimum Gasteiger partial charge on any atom is -0.265 e. The van der Waals surface area contributed by atoms with E-state index in [1.54, 1.807) is 34.7 Å². The van der Waals surface area contributed by atoms with E-state index in [4.69, 9.17) is 23.2 Å². The van der Waals surface area contributed by atoms with Crippen LogP contribution < -0.4 is 0 Å². The van der Waals surface area contributed by atoms with Crippen LogP contribution in [0.4, 0.5) is 0 Å². The number of pyridine rings is 1. The van der Waals surface area contributed by atoms with E-state index in [-0.39, 0.29) is 0 Å². The Morgan fingerprint density at radius 3 is 2.60 bits per heavy atom. The van der Waals surface area contributed by atoms with Crippen LogP contribution in [0.2, 0.25) is 10.0 Å². The number of nitrogens with zero attached hydrogens (tertiary/aromatic N) is 5. The molecule has 124 valence electrons. The number of aromatic nitrogens is 5. The average Bonchev–Trinajstić information content (AvgIpc) is 3.05. The van der Waals surface area contributed by atoms with Crippen molar-refractivity contribution in [2.75, 3.05) is 0 Å². The molecule has 0 aliphatic heterocycles. The molecule has 0 saturated heterocycles. The standard InChI is InChI=1S/C17H11Cl2N5S/c18-13-2-1-12(14(19)9-13)10-25-16-4-3-15-21-22-17(24(15)23-16)11-5-7-20-8-6-11/h1-9H,10H2. The van der Waals surface area contributed by atoms with Crippen molar-refractivity contribution in [1.82, 2.24) is 24.8 Å². The number of fused-ring (bicyclic) bond motifs is 1. The van der Waals surface area contributed by atoms with Crippen molar-refractivity contribution < 1.29 is 0 Å². The summed E-state index contributed by atoms with van der Waals surface area (Å²) in [6.07, 6.45) is 3.44. The topological polar surface area (TPSA) is 56.0 Å². The summed E-state index contributed by atoms with van der Waals surface area (Å²) in [5.41, 5.74) is 2.62. The molecular weight excluding hydrogens is 377 g/mol. The van der Waals surface area contributed by atoms with Crippen LogP contribution in [0.5, 0.6) is 0 Å².